The third-order valence-electron chi connectivity index (χ3n) is 3.76. The lowest BCUT2D eigenvalue weighted by atomic mass is 10.2. The molecule has 0 bridgehead atoms. The van der Waals surface area contributed by atoms with Gasteiger partial charge in [-0.15, -0.1) is 0 Å². The quantitative estimate of drug-likeness (QED) is 0.892. The van der Waals surface area contributed by atoms with Gasteiger partial charge in [-0.1, -0.05) is 0 Å². The number of aromatic nitrogens is 2. The molecular formula is C15H19N5O3. The van der Waals surface area contributed by atoms with Crippen LogP contribution in [0.2, 0.25) is 0 Å². The van der Waals surface area contributed by atoms with Gasteiger partial charge in [-0.3, -0.25) is 4.68 Å². The maximum absolute atomic E-state index is 12.1. The second-order valence-corrected chi connectivity index (χ2v) is 5.47. The molecule has 3 heterocycles. The molecule has 2 aromatic heterocycles. The van der Waals surface area contributed by atoms with Crippen LogP contribution in [-0.4, -0.2) is 46.4 Å². The van der Waals surface area contributed by atoms with E-state index in [2.05, 4.69) is 15.7 Å². The van der Waals surface area contributed by atoms with Gasteiger partial charge in [0.25, 0.3) is 0 Å². The molecule has 8 heteroatoms. The first-order valence-electron chi connectivity index (χ1n) is 7.45. The predicted octanol–water partition coefficient (Wildman–Crippen LogP) is 1.42. The molecule has 1 aliphatic heterocycles. The second kappa shape index (κ2) is 6.15. The fourth-order valence-electron chi connectivity index (χ4n) is 2.69. The van der Waals surface area contributed by atoms with Crippen molar-refractivity contribution in [3.05, 3.63) is 41.6 Å². The van der Waals surface area contributed by atoms with E-state index in [1.54, 1.807) is 12.3 Å². The highest BCUT2D eigenvalue weighted by molar-refractivity contribution is 5.94. The van der Waals surface area contributed by atoms with Crippen LogP contribution in [-0.2, 0) is 0 Å². The molecule has 0 aromatic carbocycles. The molecular weight excluding hydrogens is 298 g/mol. The minimum absolute atomic E-state index is 0.270. The Morgan fingerprint density at radius 1 is 1.52 bits per heavy atom. The Morgan fingerprint density at radius 3 is 2.91 bits per heavy atom. The van der Waals surface area contributed by atoms with Gasteiger partial charge in [-0.25, -0.2) is 14.5 Å². The first kappa shape index (κ1) is 15.1. The van der Waals surface area contributed by atoms with Gasteiger partial charge < -0.3 is 15.1 Å². The number of aryl methyl sites for hydroxylation is 2. The zero-order valence-corrected chi connectivity index (χ0v) is 13.1. The third kappa shape index (κ3) is 3.05. The van der Waals surface area contributed by atoms with Gasteiger partial charge in [0.1, 0.15) is 11.8 Å². The summed E-state index contributed by atoms with van der Waals surface area (Å²) in [5.74, 6) is 0.697. The standard InChI is InChI=1S/C15H19N5O3/c1-10-8-11(2)20(18-10)12(13-4-3-7-23-13)9-17-15(22)19-6-5-16-14(19)21/h3-4,7-8,12H,5-6,9H2,1-2H3,(H,16,21)(H,17,22). The van der Waals surface area contributed by atoms with Crippen LogP contribution in [0.15, 0.2) is 28.9 Å². The van der Waals surface area contributed by atoms with Crippen LogP contribution in [0, 0.1) is 13.8 Å². The SMILES string of the molecule is Cc1cc(C)n(C(CNC(=O)N2CCNC2=O)c2ccco2)n1. The fraction of sp³-hybridized carbons (Fsp3) is 0.400. The Balaban J connectivity index is 1.76. The fourth-order valence-corrected chi connectivity index (χ4v) is 2.69. The van der Waals surface area contributed by atoms with Gasteiger partial charge in [0, 0.05) is 25.3 Å². The number of rotatable bonds is 4. The minimum Gasteiger partial charge on any atom is -0.467 e. The van der Waals surface area contributed by atoms with Gasteiger partial charge in [0.05, 0.1) is 12.0 Å². The highest BCUT2D eigenvalue weighted by atomic mass is 16.3. The molecule has 1 unspecified atom stereocenters. The van der Waals surface area contributed by atoms with Crippen molar-refractivity contribution < 1.29 is 14.0 Å². The van der Waals surface area contributed by atoms with Crippen molar-refractivity contribution in [2.45, 2.75) is 19.9 Å². The van der Waals surface area contributed by atoms with E-state index >= 15 is 0 Å². The average molecular weight is 317 g/mol. The lowest BCUT2D eigenvalue weighted by Crippen LogP contribution is -2.44. The van der Waals surface area contributed by atoms with Crippen LogP contribution >= 0.6 is 0 Å². The van der Waals surface area contributed by atoms with Crippen molar-refractivity contribution in [2.24, 2.45) is 0 Å². The predicted molar refractivity (Wildman–Crippen MR) is 82.1 cm³/mol. The van der Waals surface area contributed by atoms with Gasteiger partial charge in [-0.2, -0.15) is 5.10 Å². The Bertz CT molecular complexity index is 707. The summed E-state index contributed by atoms with van der Waals surface area (Å²) < 4.78 is 7.31. The molecule has 0 radical (unpaired) electrons. The molecule has 0 aliphatic carbocycles. The summed E-state index contributed by atoms with van der Waals surface area (Å²) >= 11 is 0. The van der Waals surface area contributed by atoms with Crippen molar-refractivity contribution in [2.75, 3.05) is 19.6 Å². The molecule has 1 atom stereocenters. The Kier molecular flexibility index (Phi) is 4.05. The van der Waals surface area contributed by atoms with Crippen molar-refractivity contribution >= 4 is 12.1 Å². The molecule has 0 spiro atoms. The second-order valence-electron chi connectivity index (χ2n) is 5.47. The molecule has 3 rings (SSSR count). The summed E-state index contributed by atoms with van der Waals surface area (Å²) in [5, 5.41) is 9.85. The molecule has 1 saturated heterocycles. The number of hydrogen-bond donors (Lipinski definition) is 2. The van der Waals surface area contributed by atoms with E-state index in [0.29, 0.717) is 18.8 Å². The van der Waals surface area contributed by atoms with Gasteiger partial charge in [0.2, 0.25) is 0 Å². The third-order valence-corrected chi connectivity index (χ3v) is 3.76. The van der Waals surface area contributed by atoms with E-state index in [4.69, 9.17) is 4.42 Å². The molecule has 2 N–H and O–H groups in total. The molecule has 1 fully saturated rings. The summed E-state index contributed by atoms with van der Waals surface area (Å²) in [6.45, 7) is 4.99. The normalized spacial score (nSPS) is 15.6. The smallest absolute Gasteiger partial charge is 0.325 e. The highest BCUT2D eigenvalue weighted by Gasteiger charge is 2.27. The van der Waals surface area contributed by atoms with Crippen LogP contribution in [0.5, 0.6) is 0 Å². The van der Waals surface area contributed by atoms with E-state index < -0.39 is 6.03 Å². The summed E-state index contributed by atoms with van der Waals surface area (Å²) in [6.07, 6.45) is 1.59. The van der Waals surface area contributed by atoms with Crippen LogP contribution in [0.4, 0.5) is 9.59 Å². The van der Waals surface area contributed by atoms with E-state index in [1.165, 1.54) is 0 Å². The largest absolute Gasteiger partial charge is 0.467 e. The van der Waals surface area contributed by atoms with E-state index in [-0.39, 0.29) is 18.6 Å². The number of nitrogens with one attached hydrogen (secondary N) is 2. The molecule has 8 nitrogen and oxygen atoms in total. The molecule has 0 saturated carbocycles. The van der Waals surface area contributed by atoms with Gasteiger partial charge in [-0.05, 0) is 32.0 Å². The average Bonchev–Trinajstić information content (AvgIpc) is 3.22. The highest BCUT2D eigenvalue weighted by Crippen LogP contribution is 2.20. The monoisotopic (exact) mass is 317 g/mol. The summed E-state index contributed by atoms with van der Waals surface area (Å²) in [5.41, 5.74) is 1.86. The zero-order valence-electron chi connectivity index (χ0n) is 13.1. The number of hydrogen-bond acceptors (Lipinski definition) is 4. The Labute approximate surface area is 133 Å². The van der Waals surface area contributed by atoms with E-state index in [9.17, 15) is 9.59 Å². The first-order chi connectivity index (χ1) is 11.1. The van der Waals surface area contributed by atoms with Crippen LogP contribution in [0.25, 0.3) is 0 Å². The number of carbonyl (C=O) groups is 2. The number of amides is 4. The summed E-state index contributed by atoms with van der Waals surface area (Å²) in [7, 11) is 0. The van der Waals surface area contributed by atoms with Crippen molar-refractivity contribution in [3.8, 4) is 0 Å². The van der Waals surface area contributed by atoms with Gasteiger partial charge >= 0.3 is 12.1 Å². The molecule has 23 heavy (non-hydrogen) atoms. The molecule has 122 valence electrons. The maximum atomic E-state index is 12.1. The van der Waals surface area contributed by atoms with Crippen molar-refractivity contribution in [3.63, 3.8) is 0 Å². The van der Waals surface area contributed by atoms with Gasteiger partial charge in [0.15, 0.2) is 0 Å². The number of carbonyl (C=O) groups excluding carboxylic acids is 2. The summed E-state index contributed by atoms with van der Waals surface area (Å²) in [4.78, 5) is 24.8. The Morgan fingerprint density at radius 2 is 2.35 bits per heavy atom. The van der Waals surface area contributed by atoms with Crippen molar-refractivity contribution in [1.82, 2.24) is 25.3 Å². The number of urea groups is 2. The van der Waals surface area contributed by atoms with Crippen LogP contribution < -0.4 is 10.6 Å². The zero-order chi connectivity index (χ0) is 16.4. The molecule has 2 aromatic rings. The molecule has 1 aliphatic rings. The maximum Gasteiger partial charge on any atom is 0.325 e. The van der Waals surface area contributed by atoms with Crippen molar-refractivity contribution in [1.29, 1.82) is 0 Å². The van der Waals surface area contributed by atoms with E-state index in [0.717, 1.165) is 16.3 Å². The van der Waals surface area contributed by atoms with E-state index in [1.807, 2.05) is 30.7 Å². The molecule has 4 amide bonds. The van der Waals surface area contributed by atoms with Crippen LogP contribution in [0.1, 0.15) is 23.2 Å². The first-order valence-corrected chi connectivity index (χ1v) is 7.45. The minimum atomic E-state index is -0.418. The lowest BCUT2D eigenvalue weighted by Gasteiger charge is -2.20. The number of imide groups is 1. The Hall–Kier alpha value is -2.77. The lowest BCUT2D eigenvalue weighted by molar-refractivity contribution is 0.197. The number of nitrogens with zero attached hydrogens (tertiary/aromatic N) is 3. The number of furan rings is 1. The topological polar surface area (TPSA) is 92.4 Å². The van der Waals surface area contributed by atoms with Crippen LogP contribution in [0.3, 0.4) is 0 Å². The summed E-state index contributed by atoms with van der Waals surface area (Å²) in [6, 6.07) is 4.54.